The average Bonchev–Trinajstić information content (AvgIpc) is 2.74. The maximum atomic E-state index is 12.9. The summed E-state index contributed by atoms with van der Waals surface area (Å²) in [5, 5.41) is 0. The first kappa shape index (κ1) is 19.9. The van der Waals surface area contributed by atoms with Crippen LogP contribution in [0.5, 0.6) is 0 Å². The lowest BCUT2D eigenvalue weighted by Gasteiger charge is -2.32. The minimum absolute atomic E-state index is 0.0248. The number of hydrogen-bond donors (Lipinski definition) is 1. The first-order valence-electron chi connectivity index (χ1n) is 10.3. The summed E-state index contributed by atoms with van der Waals surface area (Å²) in [5.74, 6) is 0.223. The largest absolute Gasteiger partial charge is 0.328 e. The minimum atomic E-state index is -3.23. The van der Waals surface area contributed by atoms with E-state index in [1.54, 1.807) is 24.3 Å². The number of carbonyl (C=O) groups excluding carboxylic acids is 1. The maximum absolute atomic E-state index is 12.9. The number of carbonyl (C=O) groups is 1. The zero-order valence-electron chi connectivity index (χ0n) is 16.6. The van der Waals surface area contributed by atoms with Crippen LogP contribution in [-0.2, 0) is 16.6 Å². The number of hydrogen-bond acceptors (Lipinski definition) is 3. The van der Waals surface area contributed by atoms with E-state index in [0.29, 0.717) is 24.2 Å². The molecule has 2 heterocycles. The predicted octanol–water partition coefficient (Wildman–Crippen LogP) is 1.16. The summed E-state index contributed by atoms with van der Waals surface area (Å²) < 4.78 is 26.0. The van der Waals surface area contributed by atoms with E-state index < -0.39 is 10.0 Å². The number of anilines is 1. The Morgan fingerprint density at radius 1 is 0.897 bits per heavy atom. The van der Waals surface area contributed by atoms with Crippen molar-refractivity contribution in [3.8, 4) is 0 Å². The highest BCUT2D eigenvalue weighted by Crippen LogP contribution is 2.24. The number of sulfonamides is 1. The highest BCUT2D eigenvalue weighted by atomic mass is 32.2. The van der Waals surface area contributed by atoms with E-state index in [1.807, 2.05) is 11.0 Å². The van der Waals surface area contributed by atoms with Crippen molar-refractivity contribution in [3.05, 3.63) is 65.7 Å². The average molecular weight is 415 g/mol. The monoisotopic (exact) mass is 414 g/mol. The van der Waals surface area contributed by atoms with Crippen LogP contribution in [0.15, 0.2) is 54.6 Å². The Morgan fingerprint density at radius 3 is 2.24 bits per heavy atom. The third kappa shape index (κ3) is 4.62. The van der Waals surface area contributed by atoms with Crippen molar-refractivity contribution in [2.75, 3.05) is 42.8 Å². The zero-order chi connectivity index (χ0) is 20.3. The summed E-state index contributed by atoms with van der Waals surface area (Å²) in [6.45, 7) is 4.85. The molecule has 2 fully saturated rings. The van der Waals surface area contributed by atoms with Gasteiger partial charge in [-0.1, -0.05) is 30.3 Å². The quantitative estimate of drug-likeness (QED) is 0.817. The van der Waals surface area contributed by atoms with Crippen LogP contribution >= 0.6 is 0 Å². The lowest BCUT2D eigenvalue weighted by molar-refractivity contribution is -0.917. The Hall–Kier alpha value is -2.38. The zero-order valence-corrected chi connectivity index (χ0v) is 17.4. The van der Waals surface area contributed by atoms with Gasteiger partial charge in [-0.3, -0.25) is 9.10 Å². The molecular weight excluding hydrogens is 386 g/mol. The molecule has 0 atom stereocenters. The van der Waals surface area contributed by atoms with Gasteiger partial charge in [-0.05, 0) is 37.1 Å². The maximum Gasteiger partial charge on any atom is 0.254 e. The molecule has 0 saturated carbocycles. The van der Waals surface area contributed by atoms with Crippen LogP contribution in [0, 0.1) is 0 Å². The van der Waals surface area contributed by atoms with E-state index in [1.165, 1.54) is 14.8 Å². The Morgan fingerprint density at radius 2 is 1.59 bits per heavy atom. The second-order valence-electron chi connectivity index (χ2n) is 7.85. The molecule has 2 aromatic rings. The van der Waals surface area contributed by atoms with Crippen molar-refractivity contribution in [3.63, 3.8) is 0 Å². The Labute approximate surface area is 172 Å². The first-order chi connectivity index (χ1) is 14.0. The summed E-state index contributed by atoms with van der Waals surface area (Å²) in [5.41, 5.74) is 2.60. The third-order valence-corrected chi connectivity index (χ3v) is 7.68. The van der Waals surface area contributed by atoms with E-state index in [2.05, 4.69) is 24.3 Å². The third-order valence-electron chi connectivity index (χ3n) is 5.81. The van der Waals surface area contributed by atoms with Crippen molar-refractivity contribution in [1.82, 2.24) is 4.90 Å². The summed E-state index contributed by atoms with van der Waals surface area (Å²) in [7, 11) is -3.23. The molecule has 2 aliphatic rings. The van der Waals surface area contributed by atoms with Crippen LogP contribution in [-0.4, -0.2) is 57.7 Å². The van der Waals surface area contributed by atoms with Gasteiger partial charge >= 0.3 is 0 Å². The predicted molar refractivity (Wildman–Crippen MR) is 114 cm³/mol. The number of piperazine rings is 1. The fourth-order valence-corrected chi connectivity index (χ4v) is 5.76. The molecule has 0 spiro atoms. The van der Waals surface area contributed by atoms with Gasteiger partial charge < -0.3 is 9.80 Å². The lowest BCUT2D eigenvalue weighted by Crippen LogP contribution is -3.13. The topological polar surface area (TPSA) is 62.1 Å². The van der Waals surface area contributed by atoms with E-state index in [9.17, 15) is 13.2 Å². The summed E-state index contributed by atoms with van der Waals surface area (Å²) in [4.78, 5) is 16.3. The number of nitrogens with one attached hydrogen (secondary N) is 1. The molecule has 7 heteroatoms. The standard InChI is InChI=1S/C22H27N3O3S/c26-22(24-15-13-23(14-16-24)18-19-6-2-1-3-7-19)20-8-10-21(11-9-20)25-12-4-5-17-29(25,27)28/h1-3,6-11H,4-5,12-18H2/p+1. The minimum Gasteiger partial charge on any atom is -0.328 e. The summed E-state index contributed by atoms with van der Waals surface area (Å²) in [6, 6.07) is 17.5. The highest BCUT2D eigenvalue weighted by molar-refractivity contribution is 7.92. The number of amides is 1. The van der Waals surface area contributed by atoms with Crippen LogP contribution in [0.25, 0.3) is 0 Å². The molecule has 2 aromatic carbocycles. The smallest absolute Gasteiger partial charge is 0.254 e. The molecule has 2 saturated heterocycles. The molecular formula is C22H28N3O3S+. The molecule has 2 aliphatic heterocycles. The van der Waals surface area contributed by atoms with Crippen LogP contribution in [0.1, 0.15) is 28.8 Å². The van der Waals surface area contributed by atoms with Gasteiger partial charge in [0.15, 0.2) is 0 Å². The van der Waals surface area contributed by atoms with Gasteiger partial charge in [0.05, 0.1) is 37.6 Å². The van der Waals surface area contributed by atoms with Crippen LogP contribution in [0.3, 0.4) is 0 Å². The lowest BCUT2D eigenvalue weighted by atomic mass is 10.1. The van der Waals surface area contributed by atoms with Gasteiger partial charge in [0, 0.05) is 17.7 Å². The molecule has 4 rings (SSSR count). The van der Waals surface area contributed by atoms with Gasteiger partial charge in [-0.15, -0.1) is 0 Å². The van der Waals surface area contributed by atoms with Crippen molar-refractivity contribution in [2.24, 2.45) is 0 Å². The second-order valence-corrected chi connectivity index (χ2v) is 9.86. The number of nitrogens with zero attached hydrogens (tertiary/aromatic N) is 2. The Kier molecular flexibility index (Phi) is 5.87. The van der Waals surface area contributed by atoms with Gasteiger partial charge in [-0.2, -0.15) is 0 Å². The van der Waals surface area contributed by atoms with E-state index in [0.717, 1.165) is 39.1 Å². The molecule has 6 nitrogen and oxygen atoms in total. The van der Waals surface area contributed by atoms with Crippen molar-refractivity contribution >= 4 is 21.6 Å². The molecule has 154 valence electrons. The van der Waals surface area contributed by atoms with Gasteiger partial charge in [0.25, 0.3) is 5.91 Å². The van der Waals surface area contributed by atoms with Gasteiger partial charge in [-0.25, -0.2) is 8.42 Å². The highest BCUT2D eigenvalue weighted by Gasteiger charge is 2.27. The fraction of sp³-hybridized carbons (Fsp3) is 0.409. The van der Waals surface area contributed by atoms with Crippen LogP contribution in [0.4, 0.5) is 5.69 Å². The molecule has 0 unspecified atom stereocenters. The molecule has 1 amide bonds. The first-order valence-corrected chi connectivity index (χ1v) is 11.9. The molecule has 0 radical (unpaired) electrons. The summed E-state index contributed by atoms with van der Waals surface area (Å²) in [6.07, 6.45) is 1.59. The fourth-order valence-electron chi connectivity index (χ4n) is 4.12. The van der Waals surface area contributed by atoms with Crippen molar-refractivity contribution in [2.45, 2.75) is 19.4 Å². The Bertz CT molecular complexity index is 937. The van der Waals surface area contributed by atoms with E-state index >= 15 is 0 Å². The molecule has 0 aliphatic carbocycles. The Balaban J connectivity index is 1.35. The van der Waals surface area contributed by atoms with E-state index in [4.69, 9.17) is 0 Å². The van der Waals surface area contributed by atoms with Crippen molar-refractivity contribution < 1.29 is 18.1 Å². The van der Waals surface area contributed by atoms with E-state index in [-0.39, 0.29) is 11.7 Å². The van der Waals surface area contributed by atoms with Crippen LogP contribution < -0.4 is 9.21 Å². The number of quaternary nitrogens is 1. The molecule has 0 aromatic heterocycles. The molecule has 29 heavy (non-hydrogen) atoms. The molecule has 0 bridgehead atoms. The second kappa shape index (κ2) is 8.55. The van der Waals surface area contributed by atoms with Gasteiger partial charge in [0.1, 0.15) is 6.54 Å². The van der Waals surface area contributed by atoms with Crippen molar-refractivity contribution in [1.29, 1.82) is 0 Å². The SMILES string of the molecule is O=C(c1ccc(N2CCCCS2(=O)=O)cc1)N1CC[NH+](Cc2ccccc2)CC1. The normalized spacial score (nSPS) is 19.9. The van der Waals surface area contributed by atoms with Gasteiger partial charge in [0.2, 0.25) is 10.0 Å². The van der Waals surface area contributed by atoms with Crippen LogP contribution in [0.2, 0.25) is 0 Å². The molecule has 1 N–H and O–H groups in total. The number of rotatable bonds is 4. The number of benzene rings is 2. The summed E-state index contributed by atoms with van der Waals surface area (Å²) >= 11 is 0.